The number of likely N-dealkylation sites (N-methyl/N-ethyl adjacent to an activating group) is 1. The molecule has 3 aromatic rings. The molecule has 1 amide bonds. The fraction of sp³-hybridized carbons (Fsp3) is 0.200. The van der Waals surface area contributed by atoms with Gasteiger partial charge in [0.1, 0.15) is 0 Å². The topological polar surface area (TPSA) is 40.6 Å². The second-order valence-corrected chi connectivity index (χ2v) is 7.82. The Bertz CT molecular complexity index is 1110. The van der Waals surface area contributed by atoms with Crippen LogP contribution in [0.25, 0.3) is 11.1 Å². The van der Waals surface area contributed by atoms with E-state index >= 15 is 0 Å². The lowest BCUT2D eigenvalue weighted by molar-refractivity contribution is 0.0498. The van der Waals surface area contributed by atoms with E-state index in [9.17, 15) is 9.59 Å². The minimum atomic E-state index is -0.0153. The van der Waals surface area contributed by atoms with E-state index in [1.807, 2.05) is 59.5 Å². The summed E-state index contributed by atoms with van der Waals surface area (Å²) in [6.07, 6.45) is 0. The van der Waals surface area contributed by atoms with Crippen LogP contribution in [-0.4, -0.2) is 48.2 Å². The van der Waals surface area contributed by atoms with Gasteiger partial charge in [-0.3, -0.25) is 9.59 Å². The maximum atomic E-state index is 13.5. The van der Waals surface area contributed by atoms with E-state index in [-0.39, 0.29) is 17.7 Å². The molecule has 4 heteroatoms. The summed E-state index contributed by atoms with van der Waals surface area (Å²) in [6, 6.07) is 23.4. The first kappa shape index (κ1) is 17.8. The number of fused-ring (bicyclic) bond motifs is 3. The second kappa shape index (κ2) is 6.98. The number of benzene rings is 3. The largest absolute Gasteiger partial charge is 0.329 e. The normalized spacial score (nSPS) is 18.4. The number of hydrogen-bond acceptors (Lipinski definition) is 3. The highest BCUT2D eigenvalue weighted by Gasteiger charge is 2.32. The lowest BCUT2D eigenvalue weighted by Gasteiger charge is -2.40. The number of carbonyl (C=O) groups excluding carboxylic acids is 2. The van der Waals surface area contributed by atoms with Crippen molar-refractivity contribution in [3.63, 3.8) is 0 Å². The van der Waals surface area contributed by atoms with Crippen LogP contribution < -0.4 is 0 Å². The Morgan fingerprint density at radius 2 is 1.52 bits per heavy atom. The summed E-state index contributed by atoms with van der Waals surface area (Å²) >= 11 is 0. The number of carbonyl (C=O) groups is 2. The van der Waals surface area contributed by atoms with Crippen LogP contribution in [0.5, 0.6) is 0 Å². The van der Waals surface area contributed by atoms with E-state index < -0.39 is 0 Å². The minimum Gasteiger partial charge on any atom is -0.329 e. The van der Waals surface area contributed by atoms with Crippen molar-refractivity contribution in [2.45, 2.75) is 6.04 Å². The zero-order chi connectivity index (χ0) is 20.0. The first-order valence-corrected chi connectivity index (χ1v) is 9.96. The van der Waals surface area contributed by atoms with Crippen molar-refractivity contribution in [2.75, 3.05) is 26.7 Å². The highest BCUT2D eigenvalue weighted by atomic mass is 16.2. The van der Waals surface area contributed by atoms with Crippen LogP contribution in [-0.2, 0) is 0 Å². The third kappa shape index (κ3) is 2.97. The van der Waals surface area contributed by atoms with Crippen LogP contribution in [0, 0.1) is 0 Å². The fourth-order valence-electron chi connectivity index (χ4n) is 4.45. The van der Waals surface area contributed by atoms with Gasteiger partial charge in [-0.1, -0.05) is 60.7 Å². The summed E-state index contributed by atoms with van der Waals surface area (Å²) < 4.78 is 0. The number of rotatable bonds is 2. The average molecular weight is 382 g/mol. The fourth-order valence-corrected chi connectivity index (χ4v) is 4.45. The van der Waals surface area contributed by atoms with Gasteiger partial charge in [0, 0.05) is 36.3 Å². The number of amides is 1. The van der Waals surface area contributed by atoms with Gasteiger partial charge in [0.15, 0.2) is 5.78 Å². The van der Waals surface area contributed by atoms with E-state index in [1.54, 1.807) is 6.07 Å². The summed E-state index contributed by atoms with van der Waals surface area (Å²) in [4.78, 5) is 30.5. The van der Waals surface area contributed by atoms with Crippen molar-refractivity contribution < 1.29 is 9.59 Å². The van der Waals surface area contributed by atoms with Gasteiger partial charge < -0.3 is 9.80 Å². The molecule has 1 heterocycles. The minimum absolute atomic E-state index is 0.00300. The van der Waals surface area contributed by atoms with Gasteiger partial charge in [0.25, 0.3) is 5.91 Å². The predicted molar refractivity (Wildman–Crippen MR) is 113 cm³/mol. The Balaban J connectivity index is 1.50. The number of hydrogen-bond donors (Lipinski definition) is 0. The Labute approximate surface area is 170 Å². The van der Waals surface area contributed by atoms with Crippen LogP contribution in [0.4, 0.5) is 0 Å². The summed E-state index contributed by atoms with van der Waals surface area (Å²) in [6.45, 7) is 2.30. The van der Waals surface area contributed by atoms with Crippen molar-refractivity contribution in [3.8, 4) is 11.1 Å². The van der Waals surface area contributed by atoms with E-state index in [4.69, 9.17) is 0 Å². The van der Waals surface area contributed by atoms with Gasteiger partial charge in [-0.15, -0.1) is 0 Å². The quantitative estimate of drug-likeness (QED) is 0.526. The second-order valence-electron chi connectivity index (χ2n) is 7.82. The van der Waals surface area contributed by atoms with Crippen molar-refractivity contribution >= 4 is 11.7 Å². The van der Waals surface area contributed by atoms with Crippen molar-refractivity contribution in [2.24, 2.45) is 0 Å². The molecule has 144 valence electrons. The molecule has 0 radical (unpaired) electrons. The van der Waals surface area contributed by atoms with Gasteiger partial charge in [0.2, 0.25) is 0 Å². The molecule has 1 aliphatic heterocycles. The van der Waals surface area contributed by atoms with Crippen molar-refractivity contribution in [1.82, 2.24) is 9.80 Å². The molecule has 1 saturated heterocycles. The molecule has 0 saturated carbocycles. The molecule has 2 aliphatic rings. The molecule has 3 aromatic carbocycles. The molecule has 0 spiro atoms. The van der Waals surface area contributed by atoms with Crippen LogP contribution >= 0.6 is 0 Å². The maximum Gasteiger partial charge on any atom is 0.254 e. The summed E-state index contributed by atoms with van der Waals surface area (Å²) in [7, 11) is 2.09. The van der Waals surface area contributed by atoms with E-state index in [2.05, 4.69) is 24.1 Å². The van der Waals surface area contributed by atoms with Crippen molar-refractivity contribution in [3.05, 3.63) is 95.1 Å². The van der Waals surface area contributed by atoms with Crippen LogP contribution in [0.1, 0.15) is 37.9 Å². The Morgan fingerprint density at radius 1 is 0.828 bits per heavy atom. The molecule has 4 nitrogen and oxygen atoms in total. The smallest absolute Gasteiger partial charge is 0.254 e. The number of ketones is 1. The van der Waals surface area contributed by atoms with Crippen molar-refractivity contribution in [1.29, 1.82) is 0 Å². The molecule has 1 fully saturated rings. The van der Waals surface area contributed by atoms with E-state index in [0.717, 1.165) is 29.8 Å². The van der Waals surface area contributed by atoms with Gasteiger partial charge in [-0.25, -0.2) is 0 Å². The van der Waals surface area contributed by atoms with Crippen LogP contribution in [0.2, 0.25) is 0 Å². The molecule has 0 N–H and O–H groups in total. The van der Waals surface area contributed by atoms with Gasteiger partial charge >= 0.3 is 0 Å². The first-order valence-electron chi connectivity index (χ1n) is 9.96. The zero-order valence-corrected chi connectivity index (χ0v) is 16.3. The lowest BCUT2D eigenvalue weighted by atomic mass is 9.99. The third-order valence-electron chi connectivity index (χ3n) is 6.00. The molecule has 0 aromatic heterocycles. The lowest BCUT2D eigenvalue weighted by Crippen LogP contribution is -2.49. The van der Waals surface area contributed by atoms with Crippen LogP contribution in [0.15, 0.2) is 72.8 Å². The number of nitrogens with zero attached hydrogens (tertiary/aromatic N) is 2. The maximum absolute atomic E-state index is 13.5. The van der Waals surface area contributed by atoms with E-state index in [0.29, 0.717) is 23.2 Å². The zero-order valence-electron chi connectivity index (χ0n) is 16.3. The number of piperazine rings is 1. The standard InChI is InChI=1S/C25H22N2O2/c1-26-13-14-27(23(16-26)17-7-3-2-4-8-17)25(29)18-11-12-20-19-9-5-6-10-21(19)24(28)22(20)15-18/h2-12,15,23H,13-14,16H2,1H3. The average Bonchev–Trinajstić information content (AvgIpc) is 3.06. The van der Waals surface area contributed by atoms with Gasteiger partial charge in [-0.05, 0) is 35.9 Å². The molecule has 1 unspecified atom stereocenters. The monoisotopic (exact) mass is 382 g/mol. The molecule has 1 aliphatic carbocycles. The van der Waals surface area contributed by atoms with Crippen LogP contribution in [0.3, 0.4) is 0 Å². The van der Waals surface area contributed by atoms with E-state index in [1.165, 1.54) is 0 Å². The Kier molecular flexibility index (Phi) is 4.29. The Hall–Kier alpha value is -3.24. The predicted octanol–water partition coefficient (Wildman–Crippen LogP) is 4.03. The van der Waals surface area contributed by atoms with Gasteiger partial charge in [0.05, 0.1) is 6.04 Å². The molecule has 5 rings (SSSR count). The molecule has 0 bridgehead atoms. The molecular formula is C25H22N2O2. The summed E-state index contributed by atoms with van der Waals surface area (Å²) in [5.41, 5.74) is 4.93. The first-order chi connectivity index (χ1) is 14.1. The van der Waals surface area contributed by atoms with Gasteiger partial charge in [-0.2, -0.15) is 0 Å². The third-order valence-corrected chi connectivity index (χ3v) is 6.00. The summed E-state index contributed by atoms with van der Waals surface area (Å²) in [5, 5.41) is 0. The SMILES string of the molecule is CN1CCN(C(=O)c2ccc3c(c2)C(=O)c2ccccc2-3)C(c2ccccc2)C1. The molecule has 1 atom stereocenters. The molecule has 29 heavy (non-hydrogen) atoms. The highest BCUT2D eigenvalue weighted by molar-refractivity contribution is 6.22. The molecular weight excluding hydrogens is 360 g/mol. The Morgan fingerprint density at radius 3 is 2.31 bits per heavy atom. The highest BCUT2D eigenvalue weighted by Crippen LogP contribution is 2.37. The summed E-state index contributed by atoms with van der Waals surface area (Å²) in [5.74, 6) is -0.0123.